The van der Waals surface area contributed by atoms with Crippen LogP contribution in [-0.2, 0) is 11.3 Å². The lowest BCUT2D eigenvalue weighted by Gasteiger charge is -2.23. The molecule has 20 heavy (non-hydrogen) atoms. The molecule has 1 aromatic rings. The molecule has 0 radical (unpaired) electrons. The zero-order chi connectivity index (χ0) is 14.5. The van der Waals surface area contributed by atoms with Crippen LogP contribution in [0.3, 0.4) is 0 Å². The van der Waals surface area contributed by atoms with Gasteiger partial charge in [0, 0.05) is 38.7 Å². The van der Waals surface area contributed by atoms with Gasteiger partial charge in [0.1, 0.15) is 5.82 Å². The standard InChI is InChI=1S/C16H25FN2O/c1-12(2)18-9-14-5-4-6-15(17)16(14)19-8-7-13(10-19)11-20-3/h4-6,12-13,18H,7-11H2,1-3H3. The third-order valence-corrected chi connectivity index (χ3v) is 3.78. The number of hydrogen-bond acceptors (Lipinski definition) is 3. The molecule has 4 heteroatoms. The lowest BCUT2D eigenvalue weighted by molar-refractivity contribution is 0.161. The fourth-order valence-electron chi connectivity index (χ4n) is 2.78. The maximum atomic E-state index is 14.2. The molecule has 0 aromatic heterocycles. The van der Waals surface area contributed by atoms with E-state index in [1.54, 1.807) is 19.2 Å². The van der Waals surface area contributed by atoms with Crippen LogP contribution in [0.4, 0.5) is 10.1 Å². The van der Waals surface area contributed by atoms with Crippen molar-refractivity contribution in [3.8, 4) is 0 Å². The zero-order valence-corrected chi connectivity index (χ0v) is 12.7. The van der Waals surface area contributed by atoms with E-state index in [9.17, 15) is 4.39 Å². The van der Waals surface area contributed by atoms with Gasteiger partial charge in [0.25, 0.3) is 0 Å². The van der Waals surface area contributed by atoms with Gasteiger partial charge in [0.2, 0.25) is 0 Å². The van der Waals surface area contributed by atoms with Gasteiger partial charge in [-0.15, -0.1) is 0 Å². The SMILES string of the molecule is COCC1CCN(c2c(F)cccc2CNC(C)C)C1. The summed E-state index contributed by atoms with van der Waals surface area (Å²) in [4.78, 5) is 2.16. The molecule has 0 bridgehead atoms. The number of rotatable bonds is 6. The highest BCUT2D eigenvalue weighted by molar-refractivity contribution is 5.55. The van der Waals surface area contributed by atoms with Gasteiger partial charge < -0.3 is 15.0 Å². The maximum Gasteiger partial charge on any atom is 0.146 e. The molecule has 1 aliphatic heterocycles. The van der Waals surface area contributed by atoms with E-state index in [0.717, 1.165) is 37.4 Å². The highest BCUT2D eigenvalue weighted by Crippen LogP contribution is 2.30. The van der Waals surface area contributed by atoms with Crippen molar-refractivity contribution < 1.29 is 9.13 Å². The van der Waals surface area contributed by atoms with Gasteiger partial charge in [-0.2, -0.15) is 0 Å². The van der Waals surface area contributed by atoms with Crippen LogP contribution in [0.25, 0.3) is 0 Å². The van der Waals surface area contributed by atoms with Gasteiger partial charge in [0.15, 0.2) is 0 Å². The second-order valence-electron chi connectivity index (χ2n) is 5.84. The van der Waals surface area contributed by atoms with Crippen molar-refractivity contribution >= 4 is 5.69 Å². The normalized spacial score (nSPS) is 19.1. The van der Waals surface area contributed by atoms with Gasteiger partial charge in [-0.3, -0.25) is 0 Å². The van der Waals surface area contributed by atoms with Gasteiger partial charge in [0.05, 0.1) is 12.3 Å². The smallest absolute Gasteiger partial charge is 0.146 e. The van der Waals surface area contributed by atoms with Crippen molar-refractivity contribution in [2.45, 2.75) is 32.9 Å². The minimum absolute atomic E-state index is 0.119. The quantitative estimate of drug-likeness (QED) is 0.867. The van der Waals surface area contributed by atoms with E-state index in [4.69, 9.17) is 4.74 Å². The first-order valence-electron chi connectivity index (χ1n) is 7.36. The minimum atomic E-state index is -0.119. The Morgan fingerprint density at radius 1 is 1.45 bits per heavy atom. The Labute approximate surface area is 121 Å². The Morgan fingerprint density at radius 2 is 2.25 bits per heavy atom. The lowest BCUT2D eigenvalue weighted by Crippen LogP contribution is -2.27. The van der Waals surface area contributed by atoms with Gasteiger partial charge >= 0.3 is 0 Å². The molecule has 1 atom stereocenters. The maximum absolute atomic E-state index is 14.2. The number of ether oxygens (including phenoxy) is 1. The molecular formula is C16H25FN2O. The Balaban J connectivity index is 2.13. The Bertz CT molecular complexity index is 436. The van der Waals surface area contributed by atoms with Crippen LogP contribution in [0.2, 0.25) is 0 Å². The molecule has 1 unspecified atom stereocenters. The number of nitrogens with one attached hydrogen (secondary N) is 1. The van der Waals surface area contributed by atoms with E-state index in [0.29, 0.717) is 18.5 Å². The Kier molecular flexibility index (Phi) is 5.38. The fraction of sp³-hybridized carbons (Fsp3) is 0.625. The first kappa shape index (κ1) is 15.3. The summed E-state index contributed by atoms with van der Waals surface area (Å²) in [5.74, 6) is 0.386. The summed E-state index contributed by atoms with van der Waals surface area (Å²) in [5, 5.41) is 3.37. The third kappa shape index (κ3) is 3.70. The van der Waals surface area contributed by atoms with Crippen molar-refractivity contribution in [2.75, 3.05) is 31.7 Å². The van der Waals surface area contributed by atoms with Crippen molar-refractivity contribution in [2.24, 2.45) is 5.92 Å². The van der Waals surface area contributed by atoms with E-state index in [2.05, 4.69) is 24.1 Å². The van der Waals surface area contributed by atoms with Crippen LogP contribution in [0, 0.1) is 11.7 Å². The van der Waals surface area contributed by atoms with E-state index in [-0.39, 0.29) is 5.82 Å². The first-order valence-corrected chi connectivity index (χ1v) is 7.36. The number of nitrogens with zero attached hydrogens (tertiary/aromatic N) is 1. The summed E-state index contributed by atoms with van der Waals surface area (Å²) >= 11 is 0. The highest BCUT2D eigenvalue weighted by atomic mass is 19.1. The predicted molar refractivity (Wildman–Crippen MR) is 80.6 cm³/mol. The van der Waals surface area contributed by atoms with Crippen LogP contribution in [0.5, 0.6) is 0 Å². The van der Waals surface area contributed by atoms with Crippen molar-refractivity contribution in [3.63, 3.8) is 0 Å². The van der Waals surface area contributed by atoms with Gasteiger partial charge in [-0.25, -0.2) is 4.39 Å². The van der Waals surface area contributed by atoms with E-state index in [1.165, 1.54) is 0 Å². The Morgan fingerprint density at radius 3 is 2.95 bits per heavy atom. The highest BCUT2D eigenvalue weighted by Gasteiger charge is 2.26. The molecule has 0 amide bonds. The molecule has 1 aromatic carbocycles. The van der Waals surface area contributed by atoms with Crippen molar-refractivity contribution in [3.05, 3.63) is 29.6 Å². The van der Waals surface area contributed by atoms with Crippen LogP contribution in [-0.4, -0.2) is 32.8 Å². The van der Waals surface area contributed by atoms with E-state index < -0.39 is 0 Å². The molecule has 1 fully saturated rings. The summed E-state index contributed by atoms with van der Waals surface area (Å²) in [6, 6.07) is 5.75. The molecule has 0 aliphatic carbocycles. The monoisotopic (exact) mass is 280 g/mol. The molecular weight excluding hydrogens is 255 g/mol. The van der Waals surface area contributed by atoms with Gasteiger partial charge in [-0.1, -0.05) is 26.0 Å². The molecule has 1 heterocycles. The number of anilines is 1. The molecule has 1 N–H and O–H groups in total. The number of methoxy groups -OCH3 is 1. The van der Waals surface area contributed by atoms with Crippen LogP contribution in [0.1, 0.15) is 25.8 Å². The largest absolute Gasteiger partial charge is 0.384 e. The summed E-state index contributed by atoms with van der Waals surface area (Å²) in [6.45, 7) is 7.45. The molecule has 0 saturated carbocycles. The second kappa shape index (κ2) is 7.04. The van der Waals surface area contributed by atoms with Gasteiger partial charge in [-0.05, 0) is 18.1 Å². The lowest BCUT2D eigenvalue weighted by atomic mass is 10.1. The van der Waals surface area contributed by atoms with Crippen LogP contribution < -0.4 is 10.2 Å². The van der Waals surface area contributed by atoms with E-state index in [1.807, 2.05) is 6.07 Å². The molecule has 3 nitrogen and oxygen atoms in total. The molecule has 2 rings (SSSR count). The van der Waals surface area contributed by atoms with Crippen LogP contribution in [0.15, 0.2) is 18.2 Å². The average Bonchev–Trinajstić information content (AvgIpc) is 2.85. The van der Waals surface area contributed by atoms with Crippen molar-refractivity contribution in [1.82, 2.24) is 5.32 Å². The molecule has 112 valence electrons. The average molecular weight is 280 g/mol. The number of para-hydroxylation sites is 1. The summed E-state index contributed by atoms with van der Waals surface area (Å²) in [7, 11) is 1.73. The predicted octanol–water partition coefficient (Wildman–Crippen LogP) is 2.80. The number of benzene rings is 1. The topological polar surface area (TPSA) is 24.5 Å². The minimum Gasteiger partial charge on any atom is -0.384 e. The Hall–Kier alpha value is -1.13. The molecule has 1 saturated heterocycles. The second-order valence-corrected chi connectivity index (χ2v) is 5.84. The summed E-state index contributed by atoms with van der Waals surface area (Å²) in [6.07, 6.45) is 1.07. The van der Waals surface area contributed by atoms with Crippen LogP contribution >= 0.6 is 0 Å². The number of hydrogen-bond donors (Lipinski definition) is 1. The molecule has 0 spiro atoms. The zero-order valence-electron chi connectivity index (χ0n) is 12.7. The first-order chi connectivity index (χ1) is 9.61. The summed E-state index contributed by atoms with van der Waals surface area (Å²) < 4.78 is 19.5. The van der Waals surface area contributed by atoms with Crippen molar-refractivity contribution in [1.29, 1.82) is 0 Å². The van der Waals surface area contributed by atoms with E-state index >= 15 is 0 Å². The number of halogens is 1. The third-order valence-electron chi connectivity index (χ3n) is 3.78. The fourth-order valence-corrected chi connectivity index (χ4v) is 2.78. The molecule has 1 aliphatic rings. The summed E-state index contributed by atoms with van der Waals surface area (Å²) in [5.41, 5.74) is 1.80.